The number of H-pyrrole nitrogens is 1. The van der Waals surface area contributed by atoms with E-state index in [1.807, 2.05) is 4.90 Å². The first-order valence-electron chi connectivity index (χ1n) is 7.42. The van der Waals surface area contributed by atoms with Crippen LogP contribution in [0.5, 0.6) is 0 Å². The van der Waals surface area contributed by atoms with Gasteiger partial charge in [0.05, 0.1) is 28.9 Å². The Labute approximate surface area is 126 Å². The molecule has 108 valence electrons. The summed E-state index contributed by atoms with van der Waals surface area (Å²) in [5.74, 6) is 0.600. The maximum Gasteiger partial charge on any atom is 0.275 e. The smallest absolute Gasteiger partial charge is 0.275 e. The minimum Gasteiger partial charge on any atom is -0.374 e. The van der Waals surface area contributed by atoms with Gasteiger partial charge >= 0.3 is 0 Å². The van der Waals surface area contributed by atoms with E-state index >= 15 is 0 Å². The summed E-state index contributed by atoms with van der Waals surface area (Å²) in [6, 6.07) is 0.240. The van der Waals surface area contributed by atoms with Crippen LogP contribution in [0.2, 0.25) is 0 Å². The molecule has 3 aliphatic rings. The fourth-order valence-corrected chi connectivity index (χ4v) is 4.11. The van der Waals surface area contributed by atoms with Crippen LogP contribution in [0.15, 0.2) is 4.47 Å². The number of nitrogens with zero attached hydrogens (tertiary/aromatic N) is 2. The van der Waals surface area contributed by atoms with Crippen molar-refractivity contribution < 1.29 is 9.53 Å². The van der Waals surface area contributed by atoms with Gasteiger partial charge in [0.2, 0.25) is 0 Å². The van der Waals surface area contributed by atoms with Gasteiger partial charge in [0, 0.05) is 12.5 Å². The Hall–Kier alpha value is -0.880. The summed E-state index contributed by atoms with van der Waals surface area (Å²) in [5, 5.41) is 7.30. The van der Waals surface area contributed by atoms with Gasteiger partial charge in [-0.15, -0.1) is 0 Å². The van der Waals surface area contributed by atoms with Gasteiger partial charge in [-0.2, -0.15) is 5.10 Å². The molecule has 1 aliphatic heterocycles. The zero-order valence-electron chi connectivity index (χ0n) is 11.3. The first kappa shape index (κ1) is 12.8. The average Bonchev–Trinajstić information content (AvgIpc) is 3.05. The van der Waals surface area contributed by atoms with Crippen molar-refractivity contribution in [3.8, 4) is 0 Å². The summed E-state index contributed by atoms with van der Waals surface area (Å²) >= 11 is 3.56. The normalized spacial score (nSPS) is 29.6. The Balaban J connectivity index is 1.59. The molecule has 0 unspecified atom stereocenters. The number of halogens is 1. The van der Waals surface area contributed by atoms with E-state index in [1.165, 1.54) is 12.8 Å². The number of hydrogen-bond donors (Lipinski definition) is 1. The summed E-state index contributed by atoms with van der Waals surface area (Å²) < 4.78 is 6.63. The number of carbonyl (C=O) groups is 1. The Bertz CT molecular complexity index is 541. The van der Waals surface area contributed by atoms with E-state index in [4.69, 9.17) is 4.74 Å². The van der Waals surface area contributed by atoms with Crippen molar-refractivity contribution in [3.05, 3.63) is 15.9 Å². The number of morpholine rings is 1. The first-order valence-corrected chi connectivity index (χ1v) is 8.21. The molecule has 2 saturated carbocycles. The largest absolute Gasteiger partial charge is 0.374 e. The van der Waals surface area contributed by atoms with Gasteiger partial charge in [0.25, 0.3) is 5.91 Å². The first-order chi connectivity index (χ1) is 9.75. The summed E-state index contributed by atoms with van der Waals surface area (Å²) in [4.78, 5) is 14.7. The predicted octanol–water partition coefficient (Wildman–Crippen LogP) is 2.44. The lowest BCUT2D eigenvalue weighted by Crippen LogP contribution is -2.51. The van der Waals surface area contributed by atoms with Crippen LogP contribution >= 0.6 is 15.9 Å². The van der Waals surface area contributed by atoms with Crippen LogP contribution in [-0.4, -0.2) is 46.3 Å². The van der Waals surface area contributed by atoms with Crippen molar-refractivity contribution in [2.24, 2.45) is 0 Å². The fourth-order valence-electron chi connectivity index (χ4n) is 3.44. The number of carbonyl (C=O) groups excluding carboxylic acids is 1. The number of fused-ring (bicyclic) bond motifs is 1. The van der Waals surface area contributed by atoms with Crippen LogP contribution in [0.3, 0.4) is 0 Å². The quantitative estimate of drug-likeness (QED) is 0.900. The van der Waals surface area contributed by atoms with Gasteiger partial charge in [0.15, 0.2) is 5.69 Å². The third-order valence-electron chi connectivity index (χ3n) is 4.66. The van der Waals surface area contributed by atoms with E-state index in [-0.39, 0.29) is 18.1 Å². The summed E-state index contributed by atoms with van der Waals surface area (Å²) in [5.41, 5.74) is 1.63. The summed E-state index contributed by atoms with van der Waals surface area (Å²) in [7, 11) is 0. The minimum absolute atomic E-state index is 0.0419. The van der Waals surface area contributed by atoms with Crippen LogP contribution < -0.4 is 0 Å². The molecule has 0 radical (unpaired) electrons. The molecule has 2 aliphatic carbocycles. The predicted molar refractivity (Wildman–Crippen MR) is 76.7 cm³/mol. The lowest BCUT2D eigenvalue weighted by atomic mass is 10.1. The van der Waals surface area contributed by atoms with Crippen LogP contribution in [-0.2, 0) is 4.74 Å². The lowest BCUT2D eigenvalue weighted by Gasteiger charge is -2.37. The van der Waals surface area contributed by atoms with Crippen molar-refractivity contribution in [2.45, 2.75) is 50.2 Å². The highest BCUT2D eigenvalue weighted by atomic mass is 79.9. The molecule has 6 heteroatoms. The zero-order valence-corrected chi connectivity index (χ0v) is 12.9. The number of aromatic amines is 1. The van der Waals surface area contributed by atoms with Crippen LogP contribution in [0.4, 0.5) is 0 Å². The third kappa shape index (κ3) is 2.00. The van der Waals surface area contributed by atoms with Crippen molar-refractivity contribution in [3.63, 3.8) is 0 Å². The van der Waals surface area contributed by atoms with Crippen molar-refractivity contribution in [1.29, 1.82) is 0 Å². The van der Waals surface area contributed by atoms with Gasteiger partial charge in [0.1, 0.15) is 0 Å². The molecule has 20 heavy (non-hydrogen) atoms. The Morgan fingerprint density at radius 1 is 1.35 bits per heavy atom. The van der Waals surface area contributed by atoms with Gasteiger partial charge in [-0.25, -0.2) is 0 Å². The summed E-state index contributed by atoms with van der Waals surface area (Å²) in [6.07, 6.45) is 5.88. The molecule has 1 amide bonds. The van der Waals surface area contributed by atoms with Gasteiger partial charge in [-0.1, -0.05) is 0 Å². The van der Waals surface area contributed by atoms with E-state index in [9.17, 15) is 4.79 Å². The Kier molecular flexibility index (Phi) is 3.11. The number of aromatic nitrogens is 2. The molecule has 1 saturated heterocycles. The highest BCUT2D eigenvalue weighted by molar-refractivity contribution is 9.10. The van der Waals surface area contributed by atoms with E-state index in [2.05, 4.69) is 26.1 Å². The molecule has 1 N–H and O–H groups in total. The number of hydrogen-bond acceptors (Lipinski definition) is 3. The molecule has 2 atom stereocenters. The highest BCUT2D eigenvalue weighted by Crippen LogP contribution is 2.43. The van der Waals surface area contributed by atoms with Crippen molar-refractivity contribution in [2.75, 3.05) is 13.2 Å². The Morgan fingerprint density at radius 2 is 2.20 bits per heavy atom. The molecule has 1 aromatic rings. The third-order valence-corrected chi connectivity index (χ3v) is 5.47. The number of nitrogens with one attached hydrogen (secondary N) is 1. The average molecular weight is 340 g/mol. The monoisotopic (exact) mass is 339 g/mol. The van der Waals surface area contributed by atoms with Crippen LogP contribution in [0, 0.1) is 0 Å². The molecule has 0 bridgehead atoms. The molecule has 3 fully saturated rings. The second kappa shape index (κ2) is 4.84. The number of rotatable bonds is 2. The molecule has 0 aromatic carbocycles. The van der Waals surface area contributed by atoms with E-state index in [0.29, 0.717) is 24.8 Å². The van der Waals surface area contributed by atoms with Gasteiger partial charge in [-0.05, 0) is 48.0 Å². The minimum atomic E-state index is 0.0419. The molecule has 4 rings (SSSR count). The summed E-state index contributed by atoms with van der Waals surface area (Å²) in [6.45, 7) is 1.32. The number of ether oxygens (including phenoxy) is 1. The van der Waals surface area contributed by atoms with E-state index in [1.54, 1.807) is 0 Å². The van der Waals surface area contributed by atoms with E-state index in [0.717, 1.165) is 29.4 Å². The standard InChI is InChI=1S/C14H18BrN3O2/c15-11-12(8-4-5-8)16-17-13(11)14(19)18-6-7-20-10-3-1-2-9(10)18/h8-10H,1-7H2,(H,16,17)/t9-,10-/m0/s1. The maximum atomic E-state index is 12.8. The van der Waals surface area contributed by atoms with Crippen LogP contribution in [0.1, 0.15) is 54.2 Å². The van der Waals surface area contributed by atoms with E-state index < -0.39 is 0 Å². The second-order valence-electron chi connectivity index (χ2n) is 5.98. The highest BCUT2D eigenvalue weighted by Gasteiger charge is 2.40. The molecule has 5 nitrogen and oxygen atoms in total. The lowest BCUT2D eigenvalue weighted by molar-refractivity contribution is -0.0447. The maximum absolute atomic E-state index is 12.8. The van der Waals surface area contributed by atoms with Crippen molar-refractivity contribution >= 4 is 21.8 Å². The molecule has 1 aromatic heterocycles. The molecule has 2 heterocycles. The van der Waals surface area contributed by atoms with Gasteiger partial charge in [-0.3, -0.25) is 9.89 Å². The topological polar surface area (TPSA) is 58.2 Å². The fraction of sp³-hybridized carbons (Fsp3) is 0.714. The second-order valence-corrected chi connectivity index (χ2v) is 6.77. The SMILES string of the molecule is O=C(c1n[nH]c(C2CC2)c1Br)N1CCO[C@H]2CCC[C@@H]21. The molecule has 0 spiro atoms. The van der Waals surface area contributed by atoms with Crippen molar-refractivity contribution in [1.82, 2.24) is 15.1 Å². The van der Waals surface area contributed by atoms with Gasteiger partial charge < -0.3 is 9.64 Å². The Morgan fingerprint density at radius 3 is 3.00 bits per heavy atom. The zero-order chi connectivity index (χ0) is 13.7. The molecular formula is C14H18BrN3O2. The number of amides is 1. The van der Waals surface area contributed by atoms with Crippen LogP contribution in [0.25, 0.3) is 0 Å². The molecular weight excluding hydrogens is 322 g/mol.